The average molecular weight is 621 g/mol. The predicted molar refractivity (Wildman–Crippen MR) is 200 cm³/mol. The van der Waals surface area contributed by atoms with E-state index in [9.17, 15) is 4.79 Å². The van der Waals surface area contributed by atoms with Crippen LogP contribution in [0.15, 0.2) is 146 Å². The Hall–Kier alpha value is -6.33. The van der Waals surface area contributed by atoms with Crippen molar-refractivity contribution < 1.29 is 4.79 Å². The first-order chi connectivity index (χ1) is 23.6. The molecule has 1 N–H and O–H groups in total. The molecule has 0 saturated heterocycles. The van der Waals surface area contributed by atoms with E-state index in [-0.39, 0.29) is 0 Å². The monoisotopic (exact) mass is 620 g/mol. The van der Waals surface area contributed by atoms with Crippen LogP contribution in [0.2, 0.25) is 0 Å². The standard InChI is InChI=1S/C43H32N4O/c1-44-39-23-21-31(25-42(39)47(2)27-48)28-16-18-29(19-17-28)40-26-41(46-43(45-40)30-10-4-3-5-11-30)32-20-22-37-35-14-7-6-12-33(35)34-13-8-9-15-36(34)38(37)24-32/h3-27,44H,1-2H3. The molecule has 0 aliphatic carbocycles. The van der Waals surface area contributed by atoms with Crippen molar-refractivity contribution in [1.82, 2.24) is 9.97 Å². The maximum Gasteiger partial charge on any atom is 0.213 e. The Bertz CT molecular complexity index is 2440. The van der Waals surface area contributed by atoms with E-state index < -0.39 is 0 Å². The highest BCUT2D eigenvalue weighted by Gasteiger charge is 2.14. The van der Waals surface area contributed by atoms with E-state index in [1.165, 1.54) is 32.3 Å². The molecule has 230 valence electrons. The van der Waals surface area contributed by atoms with Gasteiger partial charge >= 0.3 is 0 Å². The summed E-state index contributed by atoms with van der Waals surface area (Å²) in [5.41, 5.74) is 8.49. The van der Waals surface area contributed by atoms with Gasteiger partial charge in [0.15, 0.2) is 5.82 Å². The molecule has 1 amide bonds. The van der Waals surface area contributed by atoms with Crippen LogP contribution in [-0.2, 0) is 4.79 Å². The van der Waals surface area contributed by atoms with Crippen LogP contribution in [0.4, 0.5) is 11.4 Å². The molecule has 7 aromatic carbocycles. The lowest BCUT2D eigenvalue weighted by molar-refractivity contribution is -0.107. The predicted octanol–water partition coefficient (Wildman–Crippen LogP) is 10.2. The van der Waals surface area contributed by atoms with Gasteiger partial charge in [0.25, 0.3) is 0 Å². The summed E-state index contributed by atoms with van der Waals surface area (Å²) >= 11 is 0. The maximum absolute atomic E-state index is 11.5. The molecule has 0 aliphatic rings. The summed E-state index contributed by atoms with van der Waals surface area (Å²) in [6.07, 6.45) is 0.820. The Morgan fingerprint density at radius 3 is 1.65 bits per heavy atom. The molecule has 0 atom stereocenters. The van der Waals surface area contributed by atoms with Gasteiger partial charge in [0.2, 0.25) is 6.41 Å². The normalized spacial score (nSPS) is 11.2. The summed E-state index contributed by atoms with van der Waals surface area (Å²) in [6, 6.07) is 50.7. The number of rotatable bonds is 7. The van der Waals surface area contributed by atoms with Gasteiger partial charge < -0.3 is 10.2 Å². The van der Waals surface area contributed by atoms with Crippen LogP contribution >= 0.6 is 0 Å². The quantitative estimate of drug-likeness (QED) is 0.142. The number of nitrogens with one attached hydrogen (secondary N) is 1. The van der Waals surface area contributed by atoms with Crippen molar-refractivity contribution in [2.75, 3.05) is 24.3 Å². The Kier molecular flexibility index (Phi) is 7.35. The lowest BCUT2D eigenvalue weighted by atomic mass is 9.92. The number of anilines is 2. The molecule has 0 spiro atoms. The number of hydrogen-bond acceptors (Lipinski definition) is 4. The molecule has 1 heterocycles. The molecule has 0 radical (unpaired) electrons. The largest absolute Gasteiger partial charge is 0.386 e. The van der Waals surface area contributed by atoms with Gasteiger partial charge in [-0.25, -0.2) is 9.97 Å². The summed E-state index contributed by atoms with van der Waals surface area (Å²) in [4.78, 5) is 23.3. The second-order valence-corrected chi connectivity index (χ2v) is 12.0. The Morgan fingerprint density at radius 2 is 1.02 bits per heavy atom. The van der Waals surface area contributed by atoms with Gasteiger partial charge in [0.1, 0.15) is 0 Å². The average Bonchev–Trinajstić information content (AvgIpc) is 3.17. The zero-order valence-electron chi connectivity index (χ0n) is 26.7. The van der Waals surface area contributed by atoms with Gasteiger partial charge in [-0.2, -0.15) is 0 Å². The summed E-state index contributed by atoms with van der Waals surface area (Å²) in [6.45, 7) is 0. The van der Waals surface area contributed by atoms with E-state index in [0.29, 0.717) is 5.82 Å². The second kappa shape index (κ2) is 12.1. The molecule has 0 fully saturated rings. The molecule has 8 rings (SSSR count). The number of hydrogen-bond donors (Lipinski definition) is 1. The zero-order chi connectivity index (χ0) is 32.6. The van der Waals surface area contributed by atoms with Gasteiger partial charge in [-0.1, -0.05) is 121 Å². The maximum atomic E-state index is 11.5. The van der Waals surface area contributed by atoms with Crippen molar-refractivity contribution in [3.8, 4) is 45.0 Å². The third kappa shape index (κ3) is 5.12. The minimum Gasteiger partial charge on any atom is -0.386 e. The number of carbonyl (C=O) groups is 1. The van der Waals surface area contributed by atoms with Crippen molar-refractivity contribution in [3.05, 3.63) is 146 Å². The molecule has 8 aromatic rings. The van der Waals surface area contributed by atoms with E-state index in [1.54, 1.807) is 11.9 Å². The molecular weight excluding hydrogens is 589 g/mol. The van der Waals surface area contributed by atoms with Crippen LogP contribution in [0, 0.1) is 0 Å². The van der Waals surface area contributed by atoms with Crippen LogP contribution in [0.1, 0.15) is 0 Å². The highest BCUT2D eigenvalue weighted by Crippen LogP contribution is 2.38. The highest BCUT2D eigenvalue weighted by molar-refractivity contribution is 6.25. The SMILES string of the molecule is CNc1ccc(-c2ccc(-c3cc(-c4ccc5c6ccccc6c6ccccc6c5c4)nc(-c4ccccc4)n3)cc2)cc1N(C)C=O. The number of carbonyl (C=O) groups excluding carboxylic acids is 1. The Balaban J connectivity index is 1.26. The van der Waals surface area contributed by atoms with Crippen molar-refractivity contribution in [2.45, 2.75) is 0 Å². The molecule has 0 saturated carbocycles. The fourth-order valence-electron chi connectivity index (χ4n) is 6.63. The summed E-state index contributed by atoms with van der Waals surface area (Å²) < 4.78 is 0. The van der Waals surface area contributed by atoms with E-state index in [1.807, 2.05) is 37.4 Å². The molecule has 0 unspecified atom stereocenters. The smallest absolute Gasteiger partial charge is 0.213 e. The summed E-state index contributed by atoms with van der Waals surface area (Å²) in [7, 11) is 3.61. The van der Waals surface area contributed by atoms with Crippen LogP contribution in [0.25, 0.3) is 77.3 Å². The van der Waals surface area contributed by atoms with Crippen molar-refractivity contribution in [3.63, 3.8) is 0 Å². The third-order valence-electron chi connectivity index (χ3n) is 9.12. The third-order valence-corrected chi connectivity index (χ3v) is 9.12. The first kappa shape index (κ1) is 29.1. The fourth-order valence-corrected chi connectivity index (χ4v) is 6.63. The number of benzene rings is 7. The number of aromatic nitrogens is 2. The van der Waals surface area contributed by atoms with Gasteiger partial charge in [-0.3, -0.25) is 4.79 Å². The first-order valence-corrected chi connectivity index (χ1v) is 16.0. The van der Waals surface area contributed by atoms with Crippen molar-refractivity contribution in [2.24, 2.45) is 0 Å². The molecule has 48 heavy (non-hydrogen) atoms. The topological polar surface area (TPSA) is 58.1 Å². The van der Waals surface area contributed by atoms with Gasteiger partial charge in [-0.05, 0) is 67.7 Å². The van der Waals surface area contributed by atoms with Gasteiger partial charge in [-0.15, -0.1) is 0 Å². The number of fused-ring (bicyclic) bond motifs is 6. The van der Waals surface area contributed by atoms with E-state index in [4.69, 9.17) is 9.97 Å². The van der Waals surface area contributed by atoms with Crippen LogP contribution in [0.3, 0.4) is 0 Å². The fraction of sp³-hybridized carbons (Fsp3) is 0.0465. The summed E-state index contributed by atoms with van der Waals surface area (Å²) in [5.74, 6) is 0.680. The molecule has 0 bridgehead atoms. The summed E-state index contributed by atoms with van der Waals surface area (Å²) in [5, 5.41) is 10.6. The van der Waals surface area contributed by atoms with E-state index in [0.717, 1.165) is 57.0 Å². The number of amides is 1. The minimum atomic E-state index is 0.680. The first-order valence-electron chi connectivity index (χ1n) is 16.0. The van der Waals surface area contributed by atoms with Crippen LogP contribution in [0.5, 0.6) is 0 Å². The zero-order valence-corrected chi connectivity index (χ0v) is 26.7. The minimum absolute atomic E-state index is 0.680. The van der Waals surface area contributed by atoms with E-state index in [2.05, 4.69) is 121 Å². The van der Waals surface area contributed by atoms with Gasteiger partial charge in [0.05, 0.1) is 22.8 Å². The lowest BCUT2D eigenvalue weighted by Gasteiger charge is -2.17. The molecular formula is C43H32N4O. The van der Waals surface area contributed by atoms with Crippen molar-refractivity contribution in [1.29, 1.82) is 0 Å². The molecule has 5 heteroatoms. The lowest BCUT2D eigenvalue weighted by Crippen LogP contribution is -2.15. The molecule has 1 aromatic heterocycles. The number of nitrogens with zero attached hydrogens (tertiary/aromatic N) is 3. The Morgan fingerprint density at radius 1 is 0.500 bits per heavy atom. The Labute approximate surface area is 279 Å². The molecule has 0 aliphatic heterocycles. The van der Waals surface area contributed by atoms with Crippen LogP contribution < -0.4 is 10.2 Å². The van der Waals surface area contributed by atoms with E-state index >= 15 is 0 Å². The molecule has 5 nitrogen and oxygen atoms in total. The second-order valence-electron chi connectivity index (χ2n) is 12.0. The van der Waals surface area contributed by atoms with Crippen molar-refractivity contribution >= 4 is 50.1 Å². The van der Waals surface area contributed by atoms with Gasteiger partial charge in [0, 0.05) is 30.8 Å². The van der Waals surface area contributed by atoms with Crippen LogP contribution in [-0.4, -0.2) is 30.5 Å². The highest BCUT2D eigenvalue weighted by atomic mass is 16.1.